The van der Waals surface area contributed by atoms with Gasteiger partial charge in [-0.15, -0.1) is 0 Å². The summed E-state index contributed by atoms with van der Waals surface area (Å²) in [6, 6.07) is 16.3. The van der Waals surface area contributed by atoms with Gasteiger partial charge in [-0.1, -0.05) is 54.5 Å². The molecule has 0 heterocycles. The van der Waals surface area contributed by atoms with Crippen LogP contribution in [-0.2, 0) is 19.5 Å². The number of benzene rings is 2. The van der Waals surface area contributed by atoms with E-state index in [9.17, 15) is 0 Å². The Labute approximate surface area is 125 Å². The molecule has 4 N–H and O–H groups in total. The van der Waals surface area contributed by atoms with Gasteiger partial charge in [-0.2, -0.15) is 0 Å². The Balaban J connectivity index is 1.91. The molecule has 0 radical (unpaired) electrons. The van der Waals surface area contributed by atoms with Crippen LogP contribution in [0.3, 0.4) is 0 Å². The Kier molecular flexibility index (Phi) is 5.35. The van der Waals surface area contributed by atoms with Crippen LogP contribution in [0.4, 0.5) is 0 Å². The van der Waals surface area contributed by atoms with Crippen molar-refractivity contribution in [2.24, 2.45) is 10.9 Å². The van der Waals surface area contributed by atoms with Crippen LogP contribution < -0.4 is 11.1 Å². The number of amidine groups is 1. The highest BCUT2D eigenvalue weighted by Crippen LogP contribution is 2.07. The van der Waals surface area contributed by atoms with E-state index < -0.39 is 0 Å². The molecule has 0 amide bonds. The number of rotatable bonds is 6. The summed E-state index contributed by atoms with van der Waals surface area (Å²) in [5.41, 5.74) is 10.0. The number of oxime groups is 1. The van der Waals surface area contributed by atoms with Gasteiger partial charge in [0, 0.05) is 18.7 Å². The highest BCUT2D eigenvalue weighted by molar-refractivity contribution is 5.97. The van der Waals surface area contributed by atoms with Crippen LogP contribution in [0.5, 0.6) is 0 Å². The fraction of sp³-hybridized carbons (Fsp3) is 0.235. The highest BCUT2D eigenvalue weighted by atomic mass is 16.4. The van der Waals surface area contributed by atoms with E-state index in [0.29, 0.717) is 0 Å². The summed E-state index contributed by atoms with van der Waals surface area (Å²) in [6.07, 6.45) is 1.06. The first kappa shape index (κ1) is 15.1. The van der Waals surface area contributed by atoms with Crippen LogP contribution in [0.2, 0.25) is 0 Å². The highest BCUT2D eigenvalue weighted by Gasteiger charge is 2.00. The van der Waals surface area contributed by atoms with Crippen LogP contribution in [0.15, 0.2) is 53.7 Å². The van der Waals surface area contributed by atoms with Gasteiger partial charge in [-0.25, -0.2) is 0 Å². The van der Waals surface area contributed by atoms with Crippen molar-refractivity contribution in [3.8, 4) is 0 Å². The smallest absolute Gasteiger partial charge is 0.170 e. The predicted octanol–water partition coefficient (Wildman–Crippen LogP) is 2.63. The van der Waals surface area contributed by atoms with Crippen molar-refractivity contribution in [2.75, 3.05) is 0 Å². The molecule has 2 aromatic carbocycles. The summed E-state index contributed by atoms with van der Waals surface area (Å²) in [5, 5.41) is 15.1. The third-order valence-electron chi connectivity index (χ3n) is 3.42. The van der Waals surface area contributed by atoms with Gasteiger partial charge in [0.2, 0.25) is 0 Å². The number of nitrogens with zero attached hydrogens (tertiary/aromatic N) is 1. The standard InChI is InChI=1S/C17H21N3O/c1-2-13-6-8-14(9-7-13)11-19-12-15-4-3-5-16(10-15)17(18)20-21/h3-10,19,21H,2,11-12H2,1H3,(H2,18,20). The molecular weight excluding hydrogens is 262 g/mol. The average Bonchev–Trinajstić information content (AvgIpc) is 2.55. The minimum Gasteiger partial charge on any atom is -0.409 e. The summed E-state index contributed by atoms with van der Waals surface area (Å²) in [4.78, 5) is 0. The van der Waals surface area contributed by atoms with Crippen LogP contribution >= 0.6 is 0 Å². The maximum atomic E-state index is 8.69. The lowest BCUT2D eigenvalue weighted by molar-refractivity contribution is 0.318. The Hall–Kier alpha value is -2.33. The lowest BCUT2D eigenvalue weighted by Gasteiger charge is -2.07. The van der Waals surface area contributed by atoms with Crippen molar-refractivity contribution in [3.05, 3.63) is 70.8 Å². The molecule has 2 rings (SSSR count). The lowest BCUT2D eigenvalue weighted by Crippen LogP contribution is -2.15. The van der Waals surface area contributed by atoms with Gasteiger partial charge in [0.25, 0.3) is 0 Å². The third-order valence-corrected chi connectivity index (χ3v) is 3.42. The normalized spacial score (nSPS) is 11.6. The number of nitrogens with one attached hydrogen (secondary N) is 1. The maximum Gasteiger partial charge on any atom is 0.170 e. The SMILES string of the molecule is CCc1ccc(CNCc2cccc(/C(N)=N/O)c2)cc1. The largest absolute Gasteiger partial charge is 0.409 e. The van der Waals surface area contributed by atoms with Gasteiger partial charge in [0.15, 0.2) is 5.84 Å². The Morgan fingerprint density at radius 2 is 1.71 bits per heavy atom. The summed E-state index contributed by atoms with van der Waals surface area (Å²) in [7, 11) is 0. The second-order valence-electron chi connectivity index (χ2n) is 4.96. The summed E-state index contributed by atoms with van der Waals surface area (Å²) in [5.74, 6) is 0.131. The zero-order valence-corrected chi connectivity index (χ0v) is 12.2. The molecule has 0 spiro atoms. The Morgan fingerprint density at radius 3 is 2.38 bits per heavy atom. The minimum absolute atomic E-state index is 0.131. The Morgan fingerprint density at radius 1 is 1.05 bits per heavy atom. The van der Waals surface area contributed by atoms with Gasteiger partial charge < -0.3 is 16.3 Å². The lowest BCUT2D eigenvalue weighted by atomic mass is 10.1. The zero-order chi connectivity index (χ0) is 15.1. The number of aryl methyl sites for hydroxylation is 1. The molecule has 0 aliphatic carbocycles. The van der Waals surface area contributed by atoms with E-state index in [4.69, 9.17) is 10.9 Å². The molecule has 110 valence electrons. The molecular formula is C17H21N3O. The molecule has 0 saturated heterocycles. The summed E-state index contributed by atoms with van der Waals surface area (Å²) in [6.45, 7) is 3.71. The summed E-state index contributed by atoms with van der Waals surface area (Å²) < 4.78 is 0. The maximum absolute atomic E-state index is 8.69. The molecule has 0 atom stereocenters. The van der Waals surface area contributed by atoms with Crippen molar-refractivity contribution in [2.45, 2.75) is 26.4 Å². The molecule has 0 aromatic heterocycles. The minimum atomic E-state index is 0.131. The van der Waals surface area contributed by atoms with Crippen LogP contribution in [0.1, 0.15) is 29.2 Å². The monoisotopic (exact) mass is 283 g/mol. The van der Waals surface area contributed by atoms with Gasteiger partial charge in [-0.3, -0.25) is 0 Å². The number of hydrogen-bond donors (Lipinski definition) is 3. The number of nitrogens with two attached hydrogens (primary N) is 1. The fourth-order valence-corrected chi connectivity index (χ4v) is 2.14. The van der Waals surface area contributed by atoms with Crippen molar-refractivity contribution < 1.29 is 5.21 Å². The topological polar surface area (TPSA) is 70.6 Å². The molecule has 2 aromatic rings. The van der Waals surface area contributed by atoms with E-state index in [2.05, 4.69) is 41.7 Å². The predicted molar refractivity (Wildman–Crippen MR) is 85.3 cm³/mol. The molecule has 4 heteroatoms. The van der Waals surface area contributed by atoms with Crippen molar-refractivity contribution >= 4 is 5.84 Å². The number of hydrogen-bond acceptors (Lipinski definition) is 3. The van der Waals surface area contributed by atoms with Crippen molar-refractivity contribution in [3.63, 3.8) is 0 Å². The van der Waals surface area contributed by atoms with Gasteiger partial charge in [0.05, 0.1) is 0 Å². The summed E-state index contributed by atoms with van der Waals surface area (Å²) >= 11 is 0. The second kappa shape index (κ2) is 7.45. The second-order valence-corrected chi connectivity index (χ2v) is 4.96. The van der Waals surface area contributed by atoms with E-state index in [1.54, 1.807) is 0 Å². The van der Waals surface area contributed by atoms with E-state index in [1.165, 1.54) is 11.1 Å². The van der Waals surface area contributed by atoms with E-state index in [0.717, 1.165) is 30.6 Å². The van der Waals surface area contributed by atoms with Crippen molar-refractivity contribution in [1.29, 1.82) is 0 Å². The van der Waals surface area contributed by atoms with E-state index in [1.807, 2.05) is 24.3 Å². The molecule has 21 heavy (non-hydrogen) atoms. The van der Waals surface area contributed by atoms with Gasteiger partial charge >= 0.3 is 0 Å². The van der Waals surface area contributed by atoms with Crippen LogP contribution in [0.25, 0.3) is 0 Å². The first-order valence-corrected chi connectivity index (χ1v) is 7.08. The first-order valence-electron chi connectivity index (χ1n) is 7.08. The average molecular weight is 283 g/mol. The van der Waals surface area contributed by atoms with E-state index >= 15 is 0 Å². The molecule has 0 unspecified atom stereocenters. The molecule has 0 bridgehead atoms. The first-order chi connectivity index (χ1) is 10.2. The van der Waals surface area contributed by atoms with Gasteiger partial charge in [-0.05, 0) is 29.2 Å². The van der Waals surface area contributed by atoms with Crippen LogP contribution in [0, 0.1) is 0 Å². The molecule has 0 saturated carbocycles. The zero-order valence-electron chi connectivity index (χ0n) is 12.2. The van der Waals surface area contributed by atoms with Crippen LogP contribution in [-0.4, -0.2) is 11.0 Å². The molecule has 0 aliphatic rings. The molecule has 0 aliphatic heterocycles. The molecule has 4 nitrogen and oxygen atoms in total. The fourth-order valence-electron chi connectivity index (χ4n) is 2.14. The molecule has 0 fully saturated rings. The van der Waals surface area contributed by atoms with Crippen molar-refractivity contribution in [1.82, 2.24) is 5.32 Å². The van der Waals surface area contributed by atoms with Gasteiger partial charge in [0.1, 0.15) is 0 Å². The Bertz CT molecular complexity index is 606. The quantitative estimate of drug-likeness (QED) is 0.330. The van der Waals surface area contributed by atoms with E-state index in [-0.39, 0.29) is 5.84 Å². The third kappa shape index (κ3) is 4.33.